The van der Waals surface area contributed by atoms with E-state index in [1.807, 2.05) is 11.8 Å². The van der Waals surface area contributed by atoms with Crippen molar-refractivity contribution >= 4 is 38.4 Å². The van der Waals surface area contributed by atoms with Crippen molar-refractivity contribution in [1.29, 1.82) is 0 Å². The van der Waals surface area contributed by atoms with Crippen LogP contribution in [0.15, 0.2) is 29.3 Å². The molecule has 0 radical (unpaired) electrons. The molecule has 1 aliphatic heterocycles. The van der Waals surface area contributed by atoms with Gasteiger partial charge in [0.2, 0.25) is 10.0 Å². The van der Waals surface area contributed by atoms with Crippen LogP contribution in [-0.2, 0) is 10.0 Å². The lowest BCUT2D eigenvalue weighted by molar-refractivity contribution is 0.416. The number of nitrogens with zero attached hydrogens (tertiary/aromatic N) is 1. The molecule has 1 atom stereocenters. The predicted octanol–water partition coefficient (Wildman–Crippen LogP) is 2.27. The van der Waals surface area contributed by atoms with Gasteiger partial charge >= 0.3 is 0 Å². The van der Waals surface area contributed by atoms with E-state index in [4.69, 9.17) is 5.73 Å². The summed E-state index contributed by atoms with van der Waals surface area (Å²) in [6.45, 7) is 3.26. The Morgan fingerprint density at radius 3 is 3.05 bits per heavy atom. The molecular weight excluding hydrogens is 306 g/mol. The van der Waals surface area contributed by atoms with E-state index in [9.17, 15) is 8.42 Å². The van der Waals surface area contributed by atoms with Crippen molar-refractivity contribution in [3.8, 4) is 0 Å². The molecule has 0 saturated carbocycles. The zero-order valence-electron chi connectivity index (χ0n) is 11.9. The summed E-state index contributed by atoms with van der Waals surface area (Å²) >= 11 is 1.86. The fourth-order valence-electron chi connectivity index (χ4n) is 2.63. The van der Waals surface area contributed by atoms with Gasteiger partial charge in [-0.15, -0.1) is 0 Å². The summed E-state index contributed by atoms with van der Waals surface area (Å²) in [7, 11) is -3.45. The second kappa shape index (κ2) is 5.55. The Balaban J connectivity index is 2.00. The maximum Gasteiger partial charge on any atom is 0.245 e. The molecule has 1 saturated heterocycles. The molecule has 21 heavy (non-hydrogen) atoms. The molecule has 2 aromatic rings. The summed E-state index contributed by atoms with van der Waals surface area (Å²) in [5.41, 5.74) is 7.11. The molecule has 1 aromatic heterocycles. The van der Waals surface area contributed by atoms with Gasteiger partial charge in [-0.3, -0.25) is 0 Å². The second-order valence-electron chi connectivity index (χ2n) is 5.22. The average molecular weight is 325 g/mol. The number of fused-ring (bicyclic) bond motifs is 1. The first kappa shape index (κ1) is 14.7. The van der Waals surface area contributed by atoms with Gasteiger partial charge in [0.05, 0.1) is 0 Å². The fraction of sp³-hybridized carbons (Fsp3) is 0.429. The van der Waals surface area contributed by atoms with Crippen molar-refractivity contribution in [3.05, 3.63) is 24.4 Å². The Morgan fingerprint density at radius 2 is 2.29 bits per heavy atom. The van der Waals surface area contributed by atoms with E-state index >= 15 is 0 Å². The van der Waals surface area contributed by atoms with E-state index in [1.165, 1.54) is 0 Å². The van der Waals surface area contributed by atoms with E-state index in [0.29, 0.717) is 34.3 Å². The number of aromatic amines is 1. The molecule has 114 valence electrons. The lowest BCUT2D eigenvalue weighted by Gasteiger charge is -2.30. The molecule has 3 N–H and O–H groups in total. The highest BCUT2D eigenvalue weighted by Crippen LogP contribution is 2.30. The number of thioether (sulfide) groups is 1. The quantitative estimate of drug-likeness (QED) is 0.849. The van der Waals surface area contributed by atoms with E-state index < -0.39 is 10.0 Å². The summed E-state index contributed by atoms with van der Waals surface area (Å²) in [4.78, 5) is 3.35. The van der Waals surface area contributed by atoms with Crippen molar-refractivity contribution in [3.63, 3.8) is 0 Å². The lowest BCUT2D eigenvalue weighted by Crippen LogP contribution is -2.41. The number of anilines is 1. The predicted molar refractivity (Wildman–Crippen MR) is 88.0 cm³/mol. The number of sulfonamides is 1. The van der Waals surface area contributed by atoms with Crippen molar-refractivity contribution in [2.24, 2.45) is 0 Å². The first-order valence-corrected chi connectivity index (χ1v) is 9.49. The zero-order chi connectivity index (χ0) is 15.0. The smallest absolute Gasteiger partial charge is 0.245 e. The highest BCUT2D eigenvalue weighted by molar-refractivity contribution is 8.00. The number of benzene rings is 1. The first-order valence-electron chi connectivity index (χ1n) is 7.00. The topological polar surface area (TPSA) is 79.2 Å². The molecular formula is C14H19N3O2S2. The third-order valence-corrected chi connectivity index (χ3v) is 7.12. The van der Waals surface area contributed by atoms with E-state index in [-0.39, 0.29) is 0 Å². The molecule has 1 unspecified atom stereocenters. The molecule has 0 spiro atoms. The van der Waals surface area contributed by atoms with Crippen molar-refractivity contribution in [2.75, 3.05) is 24.6 Å². The van der Waals surface area contributed by atoms with Gasteiger partial charge in [0, 0.05) is 46.9 Å². The minimum Gasteiger partial charge on any atom is -0.399 e. The maximum atomic E-state index is 12.9. The highest BCUT2D eigenvalue weighted by atomic mass is 32.2. The van der Waals surface area contributed by atoms with Gasteiger partial charge in [-0.2, -0.15) is 16.1 Å². The summed E-state index contributed by atoms with van der Waals surface area (Å²) in [5, 5.41) is 1.09. The number of rotatable bonds is 3. The summed E-state index contributed by atoms with van der Waals surface area (Å²) < 4.78 is 27.4. The molecule has 1 aliphatic rings. The minimum atomic E-state index is -3.45. The SMILES string of the molecule is CCC1CN(S(=O)(=O)c2c[nH]c3cc(N)ccc23)CCS1. The maximum absolute atomic E-state index is 12.9. The molecule has 5 nitrogen and oxygen atoms in total. The largest absolute Gasteiger partial charge is 0.399 e. The molecule has 0 aliphatic carbocycles. The van der Waals surface area contributed by atoms with E-state index in [0.717, 1.165) is 17.7 Å². The van der Waals surface area contributed by atoms with Gasteiger partial charge in [-0.25, -0.2) is 8.42 Å². The lowest BCUT2D eigenvalue weighted by atomic mass is 10.2. The number of H-pyrrole nitrogens is 1. The van der Waals surface area contributed by atoms with Crippen molar-refractivity contribution in [2.45, 2.75) is 23.5 Å². The Hall–Kier alpha value is -1.18. The van der Waals surface area contributed by atoms with Gasteiger partial charge in [-0.05, 0) is 24.6 Å². The number of hydrogen-bond acceptors (Lipinski definition) is 4. The fourth-order valence-corrected chi connectivity index (χ4v) is 5.67. The van der Waals surface area contributed by atoms with Crippen LogP contribution in [0.1, 0.15) is 13.3 Å². The van der Waals surface area contributed by atoms with Crippen LogP contribution in [0.3, 0.4) is 0 Å². The Labute approximate surface area is 128 Å². The van der Waals surface area contributed by atoms with Crippen LogP contribution in [0.25, 0.3) is 10.9 Å². The van der Waals surface area contributed by atoms with Crippen LogP contribution in [0.5, 0.6) is 0 Å². The number of nitrogens with one attached hydrogen (secondary N) is 1. The van der Waals surface area contributed by atoms with Crippen LogP contribution < -0.4 is 5.73 Å². The van der Waals surface area contributed by atoms with Crippen LogP contribution in [0.2, 0.25) is 0 Å². The first-order chi connectivity index (χ1) is 10.0. The third-order valence-electron chi connectivity index (χ3n) is 3.84. The zero-order valence-corrected chi connectivity index (χ0v) is 13.5. The number of nitrogens with two attached hydrogens (primary N) is 1. The van der Waals surface area contributed by atoms with Gasteiger partial charge < -0.3 is 10.7 Å². The van der Waals surface area contributed by atoms with Crippen molar-refractivity contribution < 1.29 is 8.42 Å². The van der Waals surface area contributed by atoms with Crippen LogP contribution in [0.4, 0.5) is 5.69 Å². The van der Waals surface area contributed by atoms with E-state index in [2.05, 4.69) is 11.9 Å². The molecule has 0 bridgehead atoms. The van der Waals surface area contributed by atoms with Crippen LogP contribution >= 0.6 is 11.8 Å². The number of nitrogen functional groups attached to an aromatic ring is 1. The monoisotopic (exact) mass is 325 g/mol. The van der Waals surface area contributed by atoms with Gasteiger partial charge in [0.25, 0.3) is 0 Å². The van der Waals surface area contributed by atoms with Gasteiger partial charge in [0.15, 0.2) is 0 Å². The van der Waals surface area contributed by atoms with Crippen LogP contribution in [0, 0.1) is 0 Å². The molecule has 7 heteroatoms. The summed E-state index contributed by atoms with van der Waals surface area (Å²) in [6.07, 6.45) is 2.56. The molecule has 0 amide bonds. The summed E-state index contributed by atoms with van der Waals surface area (Å²) in [6, 6.07) is 5.26. The Bertz CT molecular complexity index is 755. The third kappa shape index (κ3) is 2.65. The van der Waals surface area contributed by atoms with Gasteiger partial charge in [-0.1, -0.05) is 6.92 Å². The normalized spacial score (nSPS) is 20.9. The Kier molecular flexibility index (Phi) is 3.90. The molecule has 1 aromatic carbocycles. The van der Waals surface area contributed by atoms with Gasteiger partial charge in [0.1, 0.15) is 4.90 Å². The van der Waals surface area contributed by atoms with Crippen molar-refractivity contribution in [1.82, 2.24) is 9.29 Å². The standard InChI is InChI=1S/C14H19N3O2S2/c1-2-11-9-17(5-6-20-11)21(18,19)14-8-16-13-7-10(15)3-4-12(13)14/h3-4,7-8,11,16H,2,5-6,9,15H2,1H3. The highest BCUT2D eigenvalue weighted by Gasteiger charge is 2.31. The number of hydrogen-bond donors (Lipinski definition) is 2. The Morgan fingerprint density at radius 1 is 1.48 bits per heavy atom. The molecule has 2 heterocycles. The molecule has 3 rings (SSSR count). The minimum absolute atomic E-state index is 0.347. The second-order valence-corrected chi connectivity index (χ2v) is 8.54. The van der Waals surface area contributed by atoms with E-state index in [1.54, 1.807) is 28.7 Å². The summed E-state index contributed by atoms with van der Waals surface area (Å²) in [5.74, 6) is 0.854. The number of aromatic nitrogens is 1. The molecule has 1 fully saturated rings. The van der Waals surface area contributed by atoms with Crippen LogP contribution in [-0.4, -0.2) is 41.8 Å². The average Bonchev–Trinajstić information content (AvgIpc) is 2.91.